The molecule has 0 heterocycles. The average Bonchev–Trinajstić information content (AvgIpc) is 0.816. The highest BCUT2D eigenvalue weighted by Gasteiger charge is 2.30. The number of rotatable bonds is 18. The second-order valence-corrected chi connectivity index (χ2v) is 32.1. The summed E-state index contributed by atoms with van der Waals surface area (Å²) in [5.74, 6) is 1.71. The maximum Gasteiger partial charge on any atom is 0.306 e. The highest BCUT2D eigenvalue weighted by Crippen LogP contribution is 2.43. The highest BCUT2D eigenvalue weighted by molar-refractivity contribution is 7.80. The summed E-state index contributed by atoms with van der Waals surface area (Å²) >= 11 is 4.03. The lowest BCUT2D eigenvalue weighted by atomic mass is 9.78. The van der Waals surface area contributed by atoms with E-state index in [2.05, 4.69) is 184 Å². The van der Waals surface area contributed by atoms with Crippen LogP contribution in [0.3, 0.4) is 0 Å². The molecule has 0 radical (unpaired) electrons. The van der Waals surface area contributed by atoms with E-state index < -0.39 is 0 Å². The molecular formula is C79H120O12S. The van der Waals surface area contributed by atoms with Crippen LogP contribution in [0, 0.1) is 20.8 Å². The molecule has 0 spiro atoms. The molecule has 0 amide bonds. The topological polar surface area (TPSA) is 189 Å². The van der Waals surface area contributed by atoms with Crippen LogP contribution in [0.5, 0.6) is 28.7 Å². The van der Waals surface area contributed by atoms with Crippen molar-refractivity contribution in [2.75, 3.05) is 38.8 Å². The van der Waals surface area contributed by atoms with Crippen LogP contribution in [0.25, 0.3) is 0 Å². The first-order valence-electron chi connectivity index (χ1n) is 32.9. The van der Waals surface area contributed by atoms with Crippen LogP contribution in [0.4, 0.5) is 0 Å². The predicted octanol–water partition coefficient (Wildman–Crippen LogP) is 18.3. The molecule has 12 nitrogen and oxygen atoms in total. The molecule has 92 heavy (non-hydrogen) atoms. The number of hydrogen-bond acceptors (Lipinski definition) is 13. The summed E-state index contributed by atoms with van der Waals surface area (Å²) in [5, 5.41) is 53.2. The van der Waals surface area contributed by atoms with Crippen LogP contribution >= 0.6 is 12.6 Å². The Kier molecular flexibility index (Phi) is 30.5. The van der Waals surface area contributed by atoms with Gasteiger partial charge < -0.3 is 44.5 Å². The number of carbonyl (C=O) groups excluding carboxylic acids is 3. The van der Waals surface area contributed by atoms with Gasteiger partial charge in [0.25, 0.3) is 0 Å². The molecule has 0 aromatic heterocycles. The molecule has 0 fully saturated rings. The largest absolute Gasteiger partial charge is 0.507 e. The van der Waals surface area contributed by atoms with Crippen molar-refractivity contribution in [2.45, 2.75) is 263 Å². The SMILES string of the molecule is CC(C)(C)c1cc(CCC(=O)OCCS)cc(C(C)(C)C)c1O.CCOC(=O)CCc1cc(C(C)(C)C)c(O)c(C(C)(C)C)c1.CCOCCOC(=O)CCc1cc(C)c(O)c(C(C)(C)C)c1.Cc1cc(Cc2cc(C)cc(C(C)(C)C)c2O)c(O)c(C(C)(C)C)c1. The van der Waals surface area contributed by atoms with Gasteiger partial charge >= 0.3 is 17.9 Å². The van der Waals surface area contributed by atoms with Gasteiger partial charge in [-0.05, 0) is 164 Å². The number of aromatic hydroxyl groups is 5. The summed E-state index contributed by atoms with van der Waals surface area (Å²) in [6, 6.07) is 20.1. The number of phenols is 5. The van der Waals surface area contributed by atoms with Gasteiger partial charge in [-0.1, -0.05) is 217 Å². The standard InChI is InChI=1S/C23H32O2.C19H30O3S.C19H30O3.C18H28O4/c1-14-9-16(20(24)18(11-14)22(3,4)5)13-17-10-15(2)12-19(21(17)25)23(6,7)8;1-18(2,3)14-11-13(7-8-16(20)22-9-10-23)12-15(17(14)21)19(4,5)6;1-8-22-16(20)10-9-13-11-14(18(2,3)4)17(21)15(12-13)19(5,6)7;1-6-21-9-10-22-16(19)8-7-14-11-13(2)17(20)15(12-14)18(3,4)5/h9-12,24-25H,13H2,1-8H3;11-12,21,23H,7-10H2,1-6H3;11-12,21H,8-10H2,1-7H3;11-12,20H,6-10H2,1-5H3. The van der Waals surface area contributed by atoms with Gasteiger partial charge in [-0.25, -0.2) is 0 Å². The first-order valence-corrected chi connectivity index (χ1v) is 33.5. The number of carbonyl (C=O) groups is 3. The maximum atomic E-state index is 11.7. The molecule has 0 atom stereocenters. The minimum Gasteiger partial charge on any atom is -0.507 e. The van der Waals surface area contributed by atoms with Crippen LogP contribution in [0.15, 0.2) is 60.7 Å². The lowest BCUT2D eigenvalue weighted by Gasteiger charge is -2.28. The molecule has 0 aliphatic heterocycles. The zero-order valence-corrected chi connectivity index (χ0v) is 62.4. The highest BCUT2D eigenvalue weighted by atomic mass is 32.1. The van der Waals surface area contributed by atoms with E-state index in [-0.39, 0.29) is 55.8 Å². The zero-order valence-electron chi connectivity index (χ0n) is 61.5. The third-order valence-corrected chi connectivity index (χ3v) is 15.8. The first-order chi connectivity index (χ1) is 42.0. The van der Waals surface area contributed by atoms with Gasteiger partial charge in [0.15, 0.2) is 0 Å². The minimum atomic E-state index is -0.220. The number of benzene rings is 5. The fourth-order valence-electron chi connectivity index (χ4n) is 10.5. The Hall–Kier alpha value is -6.18. The lowest BCUT2D eigenvalue weighted by Crippen LogP contribution is -2.18. The number of aryl methyl sites for hydroxylation is 6. The van der Waals surface area contributed by atoms with Crippen molar-refractivity contribution in [3.8, 4) is 28.7 Å². The van der Waals surface area contributed by atoms with Gasteiger partial charge in [0.1, 0.15) is 42.0 Å². The lowest BCUT2D eigenvalue weighted by molar-refractivity contribution is -0.145. The van der Waals surface area contributed by atoms with Gasteiger partial charge in [0.05, 0.1) is 13.2 Å². The molecular weight excluding hydrogens is 1170 g/mol. The van der Waals surface area contributed by atoms with Crippen molar-refractivity contribution in [3.05, 3.63) is 144 Å². The quantitative estimate of drug-likeness (QED) is 0.0211. The summed E-state index contributed by atoms with van der Waals surface area (Å²) < 4.78 is 20.3. The monoisotopic (exact) mass is 1290 g/mol. The second-order valence-electron chi connectivity index (χ2n) is 31.6. The van der Waals surface area contributed by atoms with Crippen LogP contribution < -0.4 is 0 Å². The van der Waals surface area contributed by atoms with E-state index in [1.165, 1.54) is 0 Å². The van der Waals surface area contributed by atoms with Crippen LogP contribution in [-0.2, 0) is 96.9 Å². The molecule has 0 unspecified atom stereocenters. The number of ether oxygens (including phenoxy) is 4. The normalized spacial score (nSPS) is 12.2. The Morgan fingerprint density at radius 1 is 0.359 bits per heavy atom. The Morgan fingerprint density at radius 2 is 0.641 bits per heavy atom. The van der Waals surface area contributed by atoms with Crippen molar-refractivity contribution in [1.29, 1.82) is 0 Å². The molecule has 5 rings (SSSR count). The Bertz CT molecular complexity index is 3090. The maximum absolute atomic E-state index is 11.7. The van der Waals surface area contributed by atoms with Gasteiger partial charge in [-0.2, -0.15) is 12.6 Å². The molecule has 5 N–H and O–H groups in total. The number of hydrogen-bond donors (Lipinski definition) is 6. The smallest absolute Gasteiger partial charge is 0.306 e. The van der Waals surface area contributed by atoms with E-state index in [9.17, 15) is 39.9 Å². The molecule has 514 valence electrons. The summed E-state index contributed by atoms with van der Waals surface area (Å²) in [7, 11) is 0. The van der Waals surface area contributed by atoms with Crippen LogP contribution in [0.2, 0.25) is 0 Å². The van der Waals surface area contributed by atoms with E-state index >= 15 is 0 Å². The van der Waals surface area contributed by atoms with E-state index in [1.54, 1.807) is 0 Å². The molecule has 13 heteroatoms. The van der Waals surface area contributed by atoms with E-state index in [4.69, 9.17) is 18.9 Å². The summed E-state index contributed by atoms with van der Waals surface area (Å²) in [6.45, 7) is 55.7. The number of esters is 3. The van der Waals surface area contributed by atoms with Crippen molar-refractivity contribution < 1.29 is 58.9 Å². The molecule has 0 bridgehead atoms. The summed E-state index contributed by atoms with van der Waals surface area (Å²) in [4.78, 5) is 35.0. The minimum absolute atomic E-state index is 0.129. The summed E-state index contributed by atoms with van der Waals surface area (Å²) in [5.41, 5.74) is 13.5. The Balaban J connectivity index is 0.000000418. The molecule has 0 saturated carbocycles. The number of thiol groups is 1. The molecule has 5 aromatic rings. The predicted molar refractivity (Wildman–Crippen MR) is 382 cm³/mol. The zero-order chi connectivity index (χ0) is 70.9. The fourth-order valence-corrected chi connectivity index (χ4v) is 10.6. The van der Waals surface area contributed by atoms with Crippen molar-refractivity contribution >= 4 is 30.5 Å². The van der Waals surface area contributed by atoms with Gasteiger partial charge in [0, 0.05) is 38.0 Å². The van der Waals surface area contributed by atoms with E-state index in [0.717, 1.165) is 83.5 Å². The van der Waals surface area contributed by atoms with Crippen molar-refractivity contribution in [1.82, 2.24) is 0 Å². The Morgan fingerprint density at radius 3 is 0.935 bits per heavy atom. The molecule has 5 aromatic carbocycles. The van der Waals surface area contributed by atoms with E-state index in [1.807, 2.05) is 69.3 Å². The molecule has 0 aliphatic rings. The average molecular weight is 1290 g/mol. The first kappa shape index (κ1) is 81.9. The number of phenolic OH excluding ortho intramolecular Hbond substituents is 5. The Labute approximate surface area is 561 Å². The third-order valence-electron chi connectivity index (χ3n) is 15.6. The molecule has 0 aliphatic carbocycles. The third kappa shape index (κ3) is 26.3. The van der Waals surface area contributed by atoms with Crippen molar-refractivity contribution in [2.24, 2.45) is 0 Å². The van der Waals surface area contributed by atoms with Crippen LogP contribution in [-0.4, -0.2) is 82.2 Å². The van der Waals surface area contributed by atoms with Gasteiger partial charge in [-0.15, -0.1) is 0 Å². The fraction of sp³-hybridized carbons (Fsp3) is 0.582. The summed E-state index contributed by atoms with van der Waals surface area (Å²) in [6.07, 6.45) is 3.41. The molecule has 0 saturated heterocycles. The van der Waals surface area contributed by atoms with Crippen molar-refractivity contribution in [3.63, 3.8) is 0 Å². The van der Waals surface area contributed by atoms with Gasteiger partial charge in [-0.3, -0.25) is 14.4 Å². The van der Waals surface area contributed by atoms with Gasteiger partial charge in [0.2, 0.25) is 0 Å². The second kappa shape index (κ2) is 34.3. The van der Waals surface area contributed by atoms with Crippen LogP contribution in [0.1, 0.15) is 262 Å². The van der Waals surface area contributed by atoms with E-state index in [0.29, 0.717) is 112 Å².